The largest absolute Gasteiger partial charge is 0.378 e. The van der Waals surface area contributed by atoms with Crippen LogP contribution >= 0.6 is 0 Å². The fourth-order valence-corrected chi connectivity index (χ4v) is 4.18. The van der Waals surface area contributed by atoms with Gasteiger partial charge in [0.2, 0.25) is 0 Å². The number of amides is 1. The van der Waals surface area contributed by atoms with Crippen molar-refractivity contribution in [1.29, 1.82) is 0 Å². The van der Waals surface area contributed by atoms with E-state index in [1.807, 2.05) is 28.8 Å². The van der Waals surface area contributed by atoms with Gasteiger partial charge < -0.3 is 14.6 Å². The van der Waals surface area contributed by atoms with E-state index in [9.17, 15) is 9.18 Å². The maximum atomic E-state index is 12.9. The maximum Gasteiger partial charge on any atom is 0.253 e. The van der Waals surface area contributed by atoms with Crippen LogP contribution in [-0.2, 0) is 11.3 Å². The van der Waals surface area contributed by atoms with Gasteiger partial charge in [-0.3, -0.25) is 9.69 Å². The van der Waals surface area contributed by atoms with Crippen LogP contribution < -0.4 is 5.32 Å². The van der Waals surface area contributed by atoms with Gasteiger partial charge in [0.05, 0.1) is 25.3 Å². The summed E-state index contributed by atoms with van der Waals surface area (Å²) in [5.74, 6) is -0.0673. The Bertz CT molecular complexity index is 761. The molecule has 134 valence electrons. The predicted octanol–water partition coefficient (Wildman–Crippen LogP) is 2.20. The zero-order valence-corrected chi connectivity index (χ0v) is 14.5. The van der Waals surface area contributed by atoms with Crippen LogP contribution in [-0.4, -0.2) is 60.4 Å². The lowest BCUT2D eigenvalue weighted by molar-refractivity contribution is -0.0670. The Morgan fingerprint density at radius 2 is 2.00 bits per heavy atom. The van der Waals surface area contributed by atoms with Crippen molar-refractivity contribution in [3.63, 3.8) is 0 Å². The molecule has 0 saturated carbocycles. The lowest BCUT2D eigenvalue weighted by atomic mass is 9.90. The number of nitrogens with one attached hydrogen (secondary N) is 1. The van der Waals surface area contributed by atoms with Gasteiger partial charge >= 0.3 is 0 Å². The number of carbonyl (C=O) groups is 1. The van der Waals surface area contributed by atoms with Crippen molar-refractivity contribution in [3.05, 3.63) is 36.0 Å². The molecule has 1 aromatic heterocycles. The summed E-state index contributed by atoms with van der Waals surface area (Å²) in [6.07, 6.45) is 3.59. The van der Waals surface area contributed by atoms with Crippen molar-refractivity contribution in [3.8, 4) is 0 Å². The first-order valence-corrected chi connectivity index (χ1v) is 8.91. The second kappa shape index (κ2) is 6.77. The second-order valence-electron chi connectivity index (χ2n) is 7.09. The summed E-state index contributed by atoms with van der Waals surface area (Å²) in [5.41, 5.74) is 1.53. The van der Waals surface area contributed by atoms with Crippen molar-refractivity contribution in [2.24, 2.45) is 0 Å². The Morgan fingerprint density at radius 3 is 2.72 bits per heavy atom. The fourth-order valence-electron chi connectivity index (χ4n) is 4.18. The van der Waals surface area contributed by atoms with Gasteiger partial charge in [0.25, 0.3) is 5.91 Å². The number of aryl methyl sites for hydroxylation is 1. The molecular weight excluding hydrogens is 321 g/mol. The number of morpholine rings is 1. The molecule has 0 radical (unpaired) electrons. The normalized spacial score (nSPS) is 26.7. The number of fused-ring (bicyclic) bond motifs is 3. The Kier molecular flexibility index (Phi) is 4.48. The first-order valence-electron chi connectivity index (χ1n) is 8.91. The fraction of sp³-hybridized carbons (Fsp3) is 0.526. The van der Waals surface area contributed by atoms with Crippen molar-refractivity contribution in [2.75, 3.05) is 26.9 Å². The van der Waals surface area contributed by atoms with Gasteiger partial charge in [0, 0.05) is 35.2 Å². The number of aromatic nitrogens is 1. The summed E-state index contributed by atoms with van der Waals surface area (Å²) >= 11 is 0. The summed E-state index contributed by atoms with van der Waals surface area (Å²) < 4.78 is 20.3. The van der Waals surface area contributed by atoms with Crippen LogP contribution in [0.15, 0.2) is 30.5 Å². The van der Waals surface area contributed by atoms with E-state index in [0.29, 0.717) is 17.6 Å². The monoisotopic (exact) mass is 345 g/mol. The highest BCUT2D eigenvalue weighted by Crippen LogP contribution is 2.27. The molecule has 2 bridgehead atoms. The number of nitrogens with zero attached hydrogens (tertiary/aromatic N) is 2. The SMILES string of the molecule is CN1[C@@H]2COC[C@H]1CC(NC(=O)c1cn(CCF)c3ccccc13)C2. The van der Waals surface area contributed by atoms with Gasteiger partial charge in [0.15, 0.2) is 0 Å². The number of carbonyl (C=O) groups excluding carboxylic acids is 1. The summed E-state index contributed by atoms with van der Waals surface area (Å²) in [4.78, 5) is 15.3. The molecule has 4 rings (SSSR count). The average molecular weight is 345 g/mol. The minimum absolute atomic E-state index is 0.0673. The molecule has 2 fully saturated rings. The van der Waals surface area contributed by atoms with Gasteiger partial charge in [-0.05, 0) is 26.0 Å². The van der Waals surface area contributed by atoms with Gasteiger partial charge in [0.1, 0.15) is 6.67 Å². The van der Waals surface area contributed by atoms with Crippen LogP contribution in [0, 0.1) is 0 Å². The van der Waals surface area contributed by atoms with Crippen molar-refractivity contribution < 1.29 is 13.9 Å². The molecular formula is C19H24FN3O2. The number of hydrogen-bond acceptors (Lipinski definition) is 3. The Labute approximate surface area is 146 Å². The molecule has 3 heterocycles. The van der Waals surface area contributed by atoms with Gasteiger partial charge in [-0.25, -0.2) is 4.39 Å². The first kappa shape index (κ1) is 16.5. The average Bonchev–Trinajstić information content (AvgIpc) is 2.95. The lowest BCUT2D eigenvalue weighted by Crippen LogP contribution is -2.59. The molecule has 2 aromatic rings. The molecule has 5 nitrogen and oxygen atoms in total. The van der Waals surface area contributed by atoms with Crippen LogP contribution in [0.5, 0.6) is 0 Å². The van der Waals surface area contributed by atoms with E-state index in [2.05, 4.69) is 17.3 Å². The summed E-state index contributed by atoms with van der Waals surface area (Å²) in [5, 5.41) is 4.08. The molecule has 2 aliphatic heterocycles. The van der Waals surface area contributed by atoms with Crippen LogP contribution in [0.4, 0.5) is 4.39 Å². The summed E-state index contributed by atoms with van der Waals surface area (Å²) in [6.45, 7) is 1.28. The van der Waals surface area contributed by atoms with E-state index in [4.69, 9.17) is 4.74 Å². The quantitative estimate of drug-likeness (QED) is 0.924. The lowest BCUT2D eigenvalue weighted by Gasteiger charge is -2.46. The number of likely N-dealkylation sites (N-methyl/N-ethyl adjacent to an activating group) is 1. The third-order valence-corrected chi connectivity index (χ3v) is 5.58. The molecule has 1 aromatic carbocycles. The number of para-hydroxylation sites is 1. The number of benzene rings is 1. The van der Waals surface area contributed by atoms with Crippen molar-refractivity contribution >= 4 is 16.8 Å². The van der Waals surface area contributed by atoms with Gasteiger partial charge in [-0.2, -0.15) is 0 Å². The topological polar surface area (TPSA) is 46.5 Å². The molecule has 2 saturated heterocycles. The summed E-state index contributed by atoms with van der Waals surface area (Å²) in [7, 11) is 2.14. The molecule has 25 heavy (non-hydrogen) atoms. The smallest absolute Gasteiger partial charge is 0.253 e. The minimum atomic E-state index is -0.446. The van der Waals surface area contributed by atoms with Gasteiger partial charge in [-0.15, -0.1) is 0 Å². The third-order valence-electron chi connectivity index (χ3n) is 5.58. The molecule has 1 N–H and O–H groups in total. The van der Waals surface area contributed by atoms with E-state index < -0.39 is 6.67 Å². The van der Waals surface area contributed by atoms with E-state index >= 15 is 0 Å². The Hall–Kier alpha value is -1.92. The highest BCUT2D eigenvalue weighted by molar-refractivity contribution is 6.07. The van der Waals surface area contributed by atoms with Crippen LogP contribution in [0.25, 0.3) is 10.9 Å². The van der Waals surface area contributed by atoms with Crippen LogP contribution in [0.2, 0.25) is 0 Å². The number of alkyl halides is 1. The molecule has 3 atom stereocenters. The standard InChI is InChI=1S/C19H24FN3O2/c1-22-14-8-13(9-15(22)12-25-11-14)21-19(24)17-10-23(7-6-20)18-5-3-2-4-16(17)18/h2-5,10,13-15H,6-9,11-12H2,1H3,(H,21,24)/t13?,14-,15+. The van der Waals surface area contributed by atoms with E-state index in [1.165, 1.54) is 0 Å². The Morgan fingerprint density at radius 1 is 1.28 bits per heavy atom. The zero-order chi connectivity index (χ0) is 17.4. The molecule has 2 aliphatic rings. The van der Waals surface area contributed by atoms with Crippen molar-refractivity contribution in [2.45, 2.75) is 37.5 Å². The number of piperidine rings is 1. The maximum absolute atomic E-state index is 12.9. The number of halogens is 1. The third kappa shape index (κ3) is 3.04. The number of ether oxygens (including phenoxy) is 1. The number of rotatable bonds is 4. The summed E-state index contributed by atoms with van der Waals surface area (Å²) in [6, 6.07) is 8.57. The second-order valence-corrected chi connectivity index (χ2v) is 7.09. The van der Waals surface area contributed by atoms with Crippen molar-refractivity contribution in [1.82, 2.24) is 14.8 Å². The highest BCUT2D eigenvalue weighted by Gasteiger charge is 2.37. The highest BCUT2D eigenvalue weighted by atomic mass is 19.1. The van der Waals surface area contributed by atoms with E-state index in [0.717, 1.165) is 37.0 Å². The molecule has 1 amide bonds. The van der Waals surface area contributed by atoms with Crippen LogP contribution in [0.3, 0.4) is 0 Å². The predicted molar refractivity (Wildman–Crippen MR) is 94.6 cm³/mol. The molecule has 0 aliphatic carbocycles. The number of hydrogen-bond donors (Lipinski definition) is 1. The minimum Gasteiger partial charge on any atom is -0.378 e. The van der Waals surface area contributed by atoms with Crippen LogP contribution in [0.1, 0.15) is 23.2 Å². The molecule has 6 heteroatoms. The zero-order valence-electron chi connectivity index (χ0n) is 14.5. The Balaban J connectivity index is 1.54. The van der Waals surface area contributed by atoms with Gasteiger partial charge in [-0.1, -0.05) is 18.2 Å². The van der Waals surface area contributed by atoms with E-state index in [1.54, 1.807) is 6.20 Å². The molecule has 1 unspecified atom stereocenters. The molecule has 0 spiro atoms. The van der Waals surface area contributed by atoms with E-state index in [-0.39, 0.29) is 18.5 Å². The first-order chi connectivity index (χ1) is 12.2.